The van der Waals surface area contributed by atoms with Gasteiger partial charge in [-0.1, -0.05) is 36.4 Å². The highest BCUT2D eigenvalue weighted by molar-refractivity contribution is 5.91. The maximum absolute atomic E-state index is 12.4. The van der Waals surface area contributed by atoms with E-state index >= 15 is 0 Å². The van der Waals surface area contributed by atoms with Gasteiger partial charge >= 0.3 is 5.97 Å². The van der Waals surface area contributed by atoms with Crippen LogP contribution >= 0.6 is 0 Å². The summed E-state index contributed by atoms with van der Waals surface area (Å²) in [5.74, 6) is -0.871. The van der Waals surface area contributed by atoms with Crippen molar-refractivity contribution in [3.05, 3.63) is 65.2 Å². The summed E-state index contributed by atoms with van der Waals surface area (Å²) < 4.78 is 5.11. The minimum absolute atomic E-state index is 0.0187. The molecule has 25 heavy (non-hydrogen) atoms. The number of aryl methyl sites for hydroxylation is 1. The van der Waals surface area contributed by atoms with Crippen molar-refractivity contribution in [1.82, 2.24) is 4.90 Å². The zero-order valence-electron chi connectivity index (χ0n) is 14.7. The maximum atomic E-state index is 12.4. The molecule has 0 spiro atoms. The minimum Gasteiger partial charge on any atom is -0.508 e. The van der Waals surface area contributed by atoms with Crippen LogP contribution in [0.2, 0.25) is 0 Å². The SMILES string of the molecule is Cc1ccc(C(=O)OCC(=O)N(Cc2ccccc2)C(C)C)cc1O. The lowest BCUT2D eigenvalue weighted by Crippen LogP contribution is -2.39. The molecule has 0 heterocycles. The summed E-state index contributed by atoms with van der Waals surface area (Å²) in [5.41, 5.74) is 1.90. The Hall–Kier alpha value is -2.82. The van der Waals surface area contributed by atoms with Crippen LogP contribution in [0.3, 0.4) is 0 Å². The molecule has 2 aromatic rings. The second kappa shape index (κ2) is 8.33. The van der Waals surface area contributed by atoms with Crippen molar-refractivity contribution in [3.63, 3.8) is 0 Å². The predicted molar refractivity (Wildman–Crippen MR) is 95.3 cm³/mol. The first-order valence-electron chi connectivity index (χ1n) is 8.18. The van der Waals surface area contributed by atoms with Gasteiger partial charge in [0.05, 0.1) is 5.56 Å². The molecule has 0 bridgehead atoms. The highest BCUT2D eigenvalue weighted by atomic mass is 16.5. The van der Waals surface area contributed by atoms with E-state index in [0.717, 1.165) is 5.56 Å². The van der Waals surface area contributed by atoms with Gasteiger partial charge in [0.25, 0.3) is 5.91 Å². The molecule has 0 saturated heterocycles. The van der Waals surface area contributed by atoms with Gasteiger partial charge in [-0.2, -0.15) is 0 Å². The lowest BCUT2D eigenvalue weighted by molar-refractivity contribution is -0.136. The van der Waals surface area contributed by atoms with Crippen LogP contribution in [-0.2, 0) is 16.1 Å². The zero-order chi connectivity index (χ0) is 18.4. The fourth-order valence-corrected chi connectivity index (χ4v) is 2.37. The third-order valence-electron chi connectivity index (χ3n) is 3.91. The molecule has 0 unspecified atom stereocenters. The normalized spacial score (nSPS) is 10.6. The first kappa shape index (κ1) is 18.5. The molecule has 1 amide bonds. The molecule has 0 aliphatic heterocycles. The number of phenolic OH excluding ortho intramolecular Hbond substituents is 1. The van der Waals surface area contributed by atoms with Crippen molar-refractivity contribution in [2.45, 2.75) is 33.4 Å². The monoisotopic (exact) mass is 341 g/mol. The number of nitrogens with zero attached hydrogens (tertiary/aromatic N) is 1. The number of hydrogen-bond acceptors (Lipinski definition) is 4. The molecule has 2 rings (SSSR count). The molecule has 0 radical (unpaired) electrons. The standard InChI is InChI=1S/C20H23NO4/c1-14(2)21(12-16-7-5-4-6-8-16)19(23)13-25-20(24)17-10-9-15(3)18(22)11-17/h4-11,14,22H,12-13H2,1-3H3. The van der Waals surface area contributed by atoms with E-state index in [-0.39, 0.29) is 29.9 Å². The maximum Gasteiger partial charge on any atom is 0.338 e. The quantitative estimate of drug-likeness (QED) is 0.819. The van der Waals surface area contributed by atoms with E-state index < -0.39 is 5.97 Å². The van der Waals surface area contributed by atoms with Gasteiger partial charge in [-0.25, -0.2) is 4.79 Å². The van der Waals surface area contributed by atoms with Gasteiger partial charge < -0.3 is 14.7 Å². The first-order chi connectivity index (χ1) is 11.9. The molecule has 132 valence electrons. The molecule has 5 nitrogen and oxygen atoms in total. The molecule has 0 aromatic heterocycles. The lowest BCUT2D eigenvalue weighted by Gasteiger charge is -2.26. The van der Waals surface area contributed by atoms with E-state index in [9.17, 15) is 14.7 Å². The van der Waals surface area contributed by atoms with E-state index in [0.29, 0.717) is 12.1 Å². The number of carbonyl (C=O) groups excluding carboxylic acids is 2. The summed E-state index contributed by atoms with van der Waals surface area (Å²) in [6, 6.07) is 14.2. The third-order valence-corrected chi connectivity index (χ3v) is 3.91. The fourth-order valence-electron chi connectivity index (χ4n) is 2.37. The molecule has 1 N–H and O–H groups in total. The Labute approximate surface area is 147 Å². The Morgan fingerprint density at radius 3 is 2.40 bits per heavy atom. The molecule has 0 aliphatic rings. The molecule has 2 aromatic carbocycles. The highest BCUT2D eigenvalue weighted by Gasteiger charge is 2.19. The van der Waals surface area contributed by atoms with Crippen LogP contribution < -0.4 is 0 Å². The Kier molecular flexibility index (Phi) is 6.17. The van der Waals surface area contributed by atoms with E-state index in [4.69, 9.17) is 4.74 Å². The average Bonchev–Trinajstić information content (AvgIpc) is 2.60. The van der Waals surface area contributed by atoms with Gasteiger partial charge in [0.1, 0.15) is 5.75 Å². The third kappa shape index (κ3) is 5.08. The molecule has 5 heteroatoms. The van der Waals surface area contributed by atoms with Crippen LogP contribution in [0.25, 0.3) is 0 Å². The van der Waals surface area contributed by atoms with E-state index in [1.807, 2.05) is 44.2 Å². The van der Waals surface area contributed by atoms with E-state index in [1.165, 1.54) is 6.07 Å². The van der Waals surface area contributed by atoms with Crippen molar-refractivity contribution in [2.24, 2.45) is 0 Å². The topological polar surface area (TPSA) is 66.8 Å². The van der Waals surface area contributed by atoms with Crippen molar-refractivity contribution >= 4 is 11.9 Å². The smallest absolute Gasteiger partial charge is 0.338 e. The van der Waals surface area contributed by atoms with Gasteiger partial charge in [0.15, 0.2) is 6.61 Å². The Balaban J connectivity index is 1.98. The van der Waals surface area contributed by atoms with Gasteiger partial charge in [0.2, 0.25) is 0 Å². The molecular formula is C20H23NO4. The molecule has 0 atom stereocenters. The van der Waals surface area contributed by atoms with E-state index in [1.54, 1.807) is 24.0 Å². The van der Waals surface area contributed by atoms with Crippen LogP contribution in [-0.4, -0.2) is 34.5 Å². The first-order valence-corrected chi connectivity index (χ1v) is 8.18. The fraction of sp³-hybridized carbons (Fsp3) is 0.300. The summed E-state index contributed by atoms with van der Waals surface area (Å²) in [5, 5.41) is 9.67. The largest absolute Gasteiger partial charge is 0.508 e. The van der Waals surface area contributed by atoms with Crippen LogP contribution in [0.4, 0.5) is 0 Å². The molecule has 0 fully saturated rings. The second-order valence-corrected chi connectivity index (χ2v) is 6.18. The number of amides is 1. The summed E-state index contributed by atoms with van der Waals surface area (Å²) in [7, 11) is 0. The van der Waals surface area contributed by atoms with Crippen LogP contribution in [0.1, 0.15) is 35.3 Å². The number of esters is 1. The van der Waals surface area contributed by atoms with Crippen LogP contribution in [0.15, 0.2) is 48.5 Å². The second-order valence-electron chi connectivity index (χ2n) is 6.18. The van der Waals surface area contributed by atoms with Gasteiger partial charge in [-0.05, 0) is 44.0 Å². The van der Waals surface area contributed by atoms with Gasteiger partial charge in [-0.15, -0.1) is 0 Å². The van der Waals surface area contributed by atoms with Crippen LogP contribution in [0, 0.1) is 6.92 Å². The van der Waals surface area contributed by atoms with Gasteiger partial charge in [-0.3, -0.25) is 4.79 Å². The average molecular weight is 341 g/mol. The summed E-state index contributed by atoms with van der Waals surface area (Å²) in [6.45, 7) is 5.69. The number of phenols is 1. The summed E-state index contributed by atoms with van der Waals surface area (Å²) >= 11 is 0. The Morgan fingerprint density at radius 2 is 1.80 bits per heavy atom. The summed E-state index contributed by atoms with van der Waals surface area (Å²) in [4.78, 5) is 26.2. The van der Waals surface area contributed by atoms with Crippen molar-refractivity contribution in [2.75, 3.05) is 6.61 Å². The number of aromatic hydroxyl groups is 1. The minimum atomic E-state index is -0.632. The number of hydrogen-bond donors (Lipinski definition) is 1. The van der Waals surface area contributed by atoms with Gasteiger partial charge in [0, 0.05) is 12.6 Å². The van der Waals surface area contributed by atoms with Crippen molar-refractivity contribution in [3.8, 4) is 5.75 Å². The van der Waals surface area contributed by atoms with Crippen molar-refractivity contribution in [1.29, 1.82) is 0 Å². The Morgan fingerprint density at radius 1 is 1.12 bits per heavy atom. The molecule has 0 saturated carbocycles. The number of ether oxygens (including phenoxy) is 1. The Bertz CT molecular complexity index is 741. The zero-order valence-corrected chi connectivity index (χ0v) is 14.7. The number of benzene rings is 2. The molecule has 0 aliphatic carbocycles. The van der Waals surface area contributed by atoms with E-state index in [2.05, 4.69) is 0 Å². The summed E-state index contributed by atoms with van der Waals surface area (Å²) in [6.07, 6.45) is 0. The highest BCUT2D eigenvalue weighted by Crippen LogP contribution is 2.18. The number of rotatable bonds is 6. The lowest BCUT2D eigenvalue weighted by atomic mass is 10.1. The van der Waals surface area contributed by atoms with Crippen LogP contribution in [0.5, 0.6) is 5.75 Å². The number of carbonyl (C=O) groups is 2. The molecular weight excluding hydrogens is 318 g/mol. The van der Waals surface area contributed by atoms with Crippen molar-refractivity contribution < 1.29 is 19.4 Å². The predicted octanol–water partition coefficient (Wildman–Crippen LogP) is 3.29.